The zero-order chi connectivity index (χ0) is 23.0. The lowest BCUT2D eigenvalue weighted by Gasteiger charge is -2.47. The number of nitrogens with zero attached hydrogens (tertiary/aromatic N) is 2. The van der Waals surface area contributed by atoms with Gasteiger partial charge in [0.25, 0.3) is 5.91 Å². The molecule has 4 heterocycles. The van der Waals surface area contributed by atoms with E-state index in [0.717, 1.165) is 67.3 Å². The van der Waals surface area contributed by atoms with Crippen LogP contribution in [-0.2, 0) is 16.1 Å². The van der Waals surface area contributed by atoms with E-state index in [1.807, 2.05) is 6.07 Å². The summed E-state index contributed by atoms with van der Waals surface area (Å²) in [5, 5.41) is 3.06. The lowest BCUT2D eigenvalue weighted by atomic mass is 9.89. The number of nitrogens with one attached hydrogen (secondary N) is 1. The molecule has 7 nitrogen and oxygen atoms in total. The normalized spacial score (nSPS) is 23.1. The fourth-order valence-electron chi connectivity index (χ4n) is 5.44. The number of carbonyl (C=O) groups is 1. The Hall–Kier alpha value is -2.48. The van der Waals surface area contributed by atoms with E-state index in [-0.39, 0.29) is 11.9 Å². The van der Waals surface area contributed by atoms with E-state index in [4.69, 9.17) is 14.2 Å². The molecule has 1 N–H and O–H groups in total. The number of carbonyl (C=O) groups excluding carboxylic acids is 1. The van der Waals surface area contributed by atoms with Gasteiger partial charge < -0.3 is 19.5 Å². The van der Waals surface area contributed by atoms with E-state index in [1.54, 1.807) is 12.3 Å². The molecule has 3 aliphatic heterocycles. The molecule has 7 heteroatoms. The molecule has 1 aromatic heterocycles. The van der Waals surface area contributed by atoms with Crippen LogP contribution in [0.15, 0.2) is 36.5 Å². The minimum atomic E-state index is -0.476. The van der Waals surface area contributed by atoms with Crippen LogP contribution in [0, 0.1) is 0 Å². The minimum Gasteiger partial charge on any atom is -0.462 e. The Bertz CT molecular complexity index is 1020. The zero-order valence-corrected chi connectivity index (χ0v) is 19.6. The first kappa shape index (κ1) is 22.0. The van der Waals surface area contributed by atoms with Gasteiger partial charge in [0, 0.05) is 68.6 Å². The molecule has 2 saturated heterocycles. The number of fused-ring (bicyclic) bond motifs is 1. The van der Waals surface area contributed by atoms with Crippen molar-refractivity contribution in [3.05, 3.63) is 47.8 Å². The molecular formula is C27H33N3O4. The Morgan fingerprint density at radius 1 is 1.03 bits per heavy atom. The van der Waals surface area contributed by atoms with Gasteiger partial charge in [-0.25, -0.2) is 0 Å². The molecule has 180 valence electrons. The third-order valence-electron chi connectivity index (χ3n) is 7.88. The quantitative estimate of drug-likeness (QED) is 0.741. The van der Waals surface area contributed by atoms with E-state index in [2.05, 4.69) is 33.4 Å². The van der Waals surface area contributed by atoms with Crippen LogP contribution in [0.25, 0.3) is 11.1 Å². The molecule has 2 aromatic rings. The summed E-state index contributed by atoms with van der Waals surface area (Å²) in [7, 11) is 0. The van der Waals surface area contributed by atoms with E-state index in [9.17, 15) is 4.79 Å². The second kappa shape index (κ2) is 9.29. The van der Waals surface area contributed by atoms with E-state index in [0.29, 0.717) is 25.5 Å². The summed E-state index contributed by atoms with van der Waals surface area (Å²) in [6.45, 7) is 4.06. The van der Waals surface area contributed by atoms with Crippen LogP contribution >= 0.6 is 0 Å². The van der Waals surface area contributed by atoms with Gasteiger partial charge in [-0.1, -0.05) is 18.6 Å². The molecule has 0 radical (unpaired) electrons. The third kappa shape index (κ3) is 4.44. The second-order valence-corrected chi connectivity index (χ2v) is 10.0. The molecule has 0 unspecified atom stereocenters. The van der Waals surface area contributed by atoms with Gasteiger partial charge in [-0.15, -0.1) is 0 Å². The molecular weight excluding hydrogens is 430 g/mol. The van der Waals surface area contributed by atoms with Crippen LogP contribution in [0.5, 0.6) is 5.75 Å². The van der Waals surface area contributed by atoms with E-state index >= 15 is 0 Å². The number of hydrogen-bond acceptors (Lipinski definition) is 6. The summed E-state index contributed by atoms with van der Waals surface area (Å²) in [4.78, 5) is 19.6. The smallest absolute Gasteiger partial charge is 0.270 e. The SMILES string of the molecule is O=C(NC1CCOCC1)c1ccc(-c2ccc3c(c2)COC2(CCN(C4CCC4)CC2)O3)cn1. The van der Waals surface area contributed by atoms with Crippen molar-refractivity contribution >= 4 is 5.91 Å². The second-order valence-electron chi connectivity index (χ2n) is 10.0. The molecule has 4 aliphatic rings. The summed E-state index contributed by atoms with van der Waals surface area (Å²) >= 11 is 0. The van der Waals surface area contributed by atoms with Crippen LogP contribution in [0.4, 0.5) is 0 Å². The summed E-state index contributed by atoms with van der Waals surface area (Å²) in [5.41, 5.74) is 3.52. The van der Waals surface area contributed by atoms with Crippen LogP contribution in [0.1, 0.15) is 61.0 Å². The summed E-state index contributed by atoms with van der Waals surface area (Å²) in [6.07, 6.45) is 9.37. The van der Waals surface area contributed by atoms with Crippen LogP contribution < -0.4 is 10.1 Å². The molecule has 1 spiro atoms. The van der Waals surface area contributed by atoms with Gasteiger partial charge in [0.15, 0.2) is 0 Å². The predicted octanol–water partition coefficient (Wildman–Crippen LogP) is 3.91. The maximum Gasteiger partial charge on any atom is 0.270 e. The molecule has 1 aromatic carbocycles. The van der Waals surface area contributed by atoms with Gasteiger partial charge >= 0.3 is 0 Å². The van der Waals surface area contributed by atoms with Crippen molar-refractivity contribution in [3.63, 3.8) is 0 Å². The molecule has 1 amide bonds. The van der Waals surface area contributed by atoms with E-state index in [1.165, 1.54) is 19.3 Å². The highest BCUT2D eigenvalue weighted by Crippen LogP contribution is 2.40. The highest BCUT2D eigenvalue weighted by molar-refractivity contribution is 5.92. The number of ether oxygens (including phenoxy) is 3. The van der Waals surface area contributed by atoms with Crippen molar-refractivity contribution in [1.29, 1.82) is 0 Å². The Kier molecular flexibility index (Phi) is 6.01. The van der Waals surface area contributed by atoms with Gasteiger partial charge in [-0.05, 0) is 49.4 Å². The Morgan fingerprint density at radius 2 is 1.82 bits per heavy atom. The molecule has 1 aliphatic carbocycles. The van der Waals surface area contributed by atoms with Crippen molar-refractivity contribution < 1.29 is 19.0 Å². The van der Waals surface area contributed by atoms with Crippen molar-refractivity contribution in [1.82, 2.24) is 15.2 Å². The molecule has 6 rings (SSSR count). The van der Waals surface area contributed by atoms with Gasteiger partial charge in [-0.3, -0.25) is 14.7 Å². The van der Waals surface area contributed by atoms with Gasteiger partial charge in [0.2, 0.25) is 5.79 Å². The standard InChI is InChI=1S/C27H33N3O4/c31-26(29-22-8-14-32-15-9-22)24-6-4-20(17-28-24)19-5-7-25-21(16-19)18-33-27(34-25)10-12-30(13-11-27)23-2-1-3-23/h4-7,16-17,22-23H,1-3,8-15,18H2,(H,29,31). The molecule has 1 saturated carbocycles. The van der Waals surface area contributed by atoms with E-state index < -0.39 is 5.79 Å². The van der Waals surface area contributed by atoms with Gasteiger partial charge in [-0.2, -0.15) is 0 Å². The molecule has 0 atom stereocenters. The topological polar surface area (TPSA) is 72.9 Å². The van der Waals surface area contributed by atoms with Crippen LogP contribution in [0.3, 0.4) is 0 Å². The molecule has 3 fully saturated rings. The molecule has 34 heavy (non-hydrogen) atoms. The largest absolute Gasteiger partial charge is 0.462 e. The van der Waals surface area contributed by atoms with Gasteiger partial charge in [0.1, 0.15) is 11.4 Å². The van der Waals surface area contributed by atoms with Crippen LogP contribution in [0.2, 0.25) is 0 Å². The lowest BCUT2D eigenvalue weighted by Crippen LogP contribution is -2.54. The van der Waals surface area contributed by atoms with Crippen molar-refractivity contribution in [2.24, 2.45) is 0 Å². The fourth-order valence-corrected chi connectivity index (χ4v) is 5.44. The summed E-state index contributed by atoms with van der Waals surface area (Å²) in [5.74, 6) is 0.322. The monoisotopic (exact) mass is 463 g/mol. The van der Waals surface area contributed by atoms with Gasteiger partial charge in [0.05, 0.1) is 6.61 Å². The number of benzene rings is 1. The number of piperidine rings is 1. The highest BCUT2D eigenvalue weighted by atomic mass is 16.7. The van der Waals surface area contributed by atoms with Crippen molar-refractivity contribution in [3.8, 4) is 16.9 Å². The fraction of sp³-hybridized carbons (Fsp3) is 0.556. The Balaban J connectivity index is 1.10. The number of aromatic nitrogens is 1. The number of amides is 1. The summed E-state index contributed by atoms with van der Waals surface area (Å²) < 4.78 is 18.1. The number of rotatable bonds is 4. The number of likely N-dealkylation sites (tertiary alicyclic amines) is 1. The average Bonchev–Trinajstić information content (AvgIpc) is 2.85. The Labute approximate surface area is 200 Å². The first-order valence-electron chi connectivity index (χ1n) is 12.7. The maximum absolute atomic E-state index is 12.5. The minimum absolute atomic E-state index is 0.126. The predicted molar refractivity (Wildman–Crippen MR) is 128 cm³/mol. The van der Waals surface area contributed by atoms with Crippen molar-refractivity contribution in [2.75, 3.05) is 26.3 Å². The average molecular weight is 464 g/mol. The number of hydrogen-bond donors (Lipinski definition) is 1. The Morgan fingerprint density at radius 3 is 2.53 bits per heavy atom. The highest BCUT2D eigenvalue weighted by Gasteiger charge is 2.42. The summed E-state index contributed by atoms with van der Waals surface area (Å²) in [6, 6.07) is 10.9. The van der Waals surface area contributed by atoms with Crippen LogP contribution in [-0.4, -0.2) is 60.0 Å². The zero-order valence-electron chi connectivity index (χ0n) is 19.6. The number of pyridine rings is 1. The third-order valence-corrected chi connectivity index (χ3v) is 7.88. The lowest BCUT2D eigenvalue weighted by molar-refractivity contribution is -0.231. The maximum atomic E-state index is 12.5. The first-order chi connectivity index (χ1) is 16.7. The van der Waals surface area contributed by atoms with Crippen molar-refractivity contribution in [2.45, 2.75) is 69.4 Å². The first-order valence-corrected chi connectivity index (χ1v) is 12.7. The molecule has 0 bridgehead atoms.